The third-order valence-corrected chi connectivity index (χ3v) is 6.22. The van der Waals surface area contributed by atoms with E-state index >= 15 is 0 Å². The highest BCUT2D eigenvalue weighted by atomic mass is 16.1. The minimum absolute atomic E-state index is 0.0136. The van der Waals surface area contributed by atoms with Crippen molar-refractivity contribution in [3.05, 3.63) is 114 Å². The number of rotatable bonds is 8. The fourth-order valence-electron chi connectivity index (χ4n) is 4.32. The summed E-state index contributed by atoms with van der Waals surface area (Å²) < 4.78 is 0. The van der Waals surface area contributed by atoms with Gasteiger partial charge in [0.05, 0.1) is 0 Å². The molecule has 3 N–H and O–H groups in total. The molecule has 5 aromatic rings. The number of nitrogens with one attached hydrogen (secondary N) is 3. The van der Waals surface area contributed by atoms with Crippen LogP contribution in [0.25, 0.3) is 10.9 Å². The molecule has 0 aliphatic heterocycles. The number of aromatic amines is 1. The zero-order chi connectivity index (χ0) is 24.9. The molecule has 2 aromatic heterocycles. The number of nitrogens with zero attached hydrogens (tertiary/aromatic N) is 3. The van der Waals surface area contributed by atoms with Gasteiger partial charge in [-0.15, -0.1) is 0 Å². The fourth-order valence-corrected chi connectivity index (χ4v) is 4.32. The van der Waals surface area contributed by atoms with Gasteiger partial charge < -0.3 is 20.5 Å². The van der Waals surface area contributed by atoms with Crippen molar-refractivity contribution in [3.63, 3.8) is 0 Å². The van der Waals surface area contributed by atoms with Crippen LogP contribution in [0.5, 0.6) is 0 Å². The lowest BCUT2D eigenvalue weighted by molar-refractivity contribution is 0.0952. The molecule has 0 fully saturated rings. The Balaban J connectivity index is 1.38. The number of aromatic nitrogens is 3. The zero-order valence-corrected chi connectivity index (χ0v) is 20.3. The molecule has 36 heavy (non-hydrogen) atoms. The monoisotopic (exact) mass is 476 g/mol. The molecule has 7 heteroatoms. The number of carbonyl (C=O) groups is 1. The van der Waals surface area contributed by atoms with Crippen LogP contribution in [0.1, 0.15) is 27.4 Å². The van der Waals surface area contributed by atoms with Crippen LogP contribution < -0.4 is 15.5 Å². The molecule has 1 unspecified atom stereocenters. The Bertz CT molecular complexity index is 1460. The van der Waals surface area contributed by atoms with Crippen LogP contribution in [-0.2, 0) is 0 Å². The first-order valence-electron chi connectivity index (χ1n) is 11.8. The van der Waals surface area contributed by atoms with Crippen LogP contribution in [0.15, 0.2) is 97.5 Å². The first kappa shape index (κ1) is 23.1. The van der Waals surface area contributed by atoms with Crippen LogP contribution in [0.2, 0.25) is 0 Å². The SMILES string of the molecule is CN(C)c1ccc(C(CNC(=O)c2cccc(Nc3ncccn3)c2)c2c[nH]c3ccccc23)cc1. The molecule has 0 radical (unpaired) electrons. The molecule has 1 atom stereocenters. The van der Waals surface area contributed by atoms with E-state index in [9.17, 15) is 4.79 Å². The van der Waals surface area contributed by atoms with Crippen molar-refractivity contribution in [1.29, 1.82) is 0 Å². The van der Waals surface area contributed by atoms with E-state index in [0.717, 1.165) is 33.4 Å². The number of fused-ring (bicyclic) bond motifs is 1. The molecule has 0 aliphatic rings. The van der Waals surface area contributed by atoms with Crippen LogP contribution in [0, 0.1) is 0 Å². The predicted octanol–water partition coefficient (Wildman–Crippen LogP) is 5.33. The molecule has 1 amide bonds. The van der Waals surface area contributed by atoms with Gasteiger partial charge in [-0.1, -0.05) is 36.4 Å². The third kappa shape index (κ3) is 5.05. The molecule has 0 bridgehead atoms. The lowest BCUT2D eigenvalue weighted by Gasteiger charge is -2.20. The summed E-state index contributed by atoms with van der Waals surface area (Å²) in [6, 6.07) is 25.8. The van der Waals surface area contributed by atoms with E-state index in [4.69, 9.17) is 0 Å². The van der Waals surface area contributed by atoms with Crippen LogP contribution in [0.3, 0.4) is 0 Å². The Hall–Kier alpha value is -4.65. The summed E-state index contributed by atoms with van der Waals surface area (Å²) in [6.07, 6.45) is 5.38. The summed E-state index contributed by atoms with van der Waals surface area (Å²) in [5, 5.41) is 7.45. The molecule has 0 saturated heterocycles. The number of benzene rings is 3. The number of amides is 1. The normalized spacial score (nSPS) is 11.7. The number of carbonyl (C=O) groups excluding carboxylic acids is 1. The minimum atomic E-state index is -0.137. The van der Waals surface area contributed by atoms with Gasteiger partial charge in [0.1, 0.15) is 0 Å². The van der Waals surface area contributed by atoms with E-state index in [1.165, 1.54) is 0 Å². The molecular formula is C29H28N6O. The first-order chi connectivity index (χ1) is 17.6. The summed E-state index contributed by atoms with van der Waals surface area (Å²) >= 11 is 0. The van der Waals surface area contributed by atoms with Gasteiger partial charge in [0.25, 0.3) is 5.91 Å². The molecule has 0 spiro atoms. The molecule has 0 saturated carbocycles. The average molecular weight is 477 g/mol. The maximum atomic E-state index is 13.2. The van der Waals surface area contributed by atoms with E-state index in [1.54, 1.807) is 30.6 Å². The summed E-state index contributed by atoms with van der Waals surface area (Å²) in [5.74, 6) is 0.332. The van der Waals surface area contributed by atoms with E-state index in [2.05, 4.69) is 66.9 Å². The molecule has 5 rings (SSSR count). The Labute approximate surface area is 210 Å². The second kappa shape index (κ2) is 10.3. The summed E-state index contributed by atoms with van der Waals surface area (Å²) in [4.78, 5) is 27.0. The van der Waals surface area contributed by atoms with Crippen molar-refractivity contribution in [2.24, 2.45) is 0 Å². The fraction of sp³-hybridized carbons (Fsp3) is 0.138. The first-order valence-corrected chi connectivity index (χ1v) is 11.8. The van der Waals surface area contributed by atoms with Gasteiger partial charge in [-0.3, -0.25) is 4.79 Å². The van der Waals surface area contributed by atoms with Gasteiger partial charge in [0, 0.05) is 73.0 Å². The van der Waals surface area contributed by atoms with Crippen molar-refractivity contribution >= 4 is 34.1 Å². The van der Waals surface area contributed by atoms with Crippen molar-refractivity contribution in [3.8, 4) is 0 Å². The van der Waals surface area contributed by atoms with E-state index < -0.39 is 0 Å². The number of hydrogen-bond donors (Lipinski definition) is 3. The van der Waals surface area contributed by atoms with Gasteiger partial charge in [0.15, 0.2) is 0 Å². The van der Waals surface area contributed by atoms with E-state index in [0.29, 0.717) is 18.1 Å². The lowest BCUT2D eigenvalue weighted by atomic mass is 9.90. The lowest BCUT2D eigenvalue weighted by Crippen LogP contribution is -2.29. The topological polar surface area (TPSA) is 85.9 Å². The molecule has 2 heterocycles. The average Bonchev–Trinajstić information content (AvgIpc) is 3.34. The summed E-state index contributed by atoms with van der Waals surface area (Å²) in [6.45, 7) is 0.460. The van der Waals surface area contributed by atoms with E-state index in [-0.39, 0.29) is 11.8 Å². The predicted molar refractivity (Wildman–Crippen MR) is 145 cm³/mol. The Morgan fingerprint density at radius 3 is 2.50 bits per heavy atom. The molecule has 0 aliphatic carbocycles. The number of para-hydroxylation sites is 1. The Morgan fingerprint density at radius 2 is 1.72 bits per heavy atom. The van der Waals surface area contributed by atoms with Gasteiger partial charge in [-0.25, -0.2) is 9.97 Å². The summed E-state index contributed by atoms with van der Waals surface area (Å²) in [7, 11) is 4.05. The number of anilines is 3. The summed E-state index contributed by atoms with van der Waals surface area (Å²) in [5.41, 5.74) is 5.82. The van der Waals surface area contributed by atoms with Crippen LogP contribution in [0.4, 0.5) is 17.3 Å². The number of hydrogen-bond acceptors (Lipinski definition) is 5. The molecular weight excluding hydrogens is 448 g/mol. The molecule has 7 nitrogen and oxygen atoms in total. The van der Waals surface area contributed by atoms with Crippen molar-refractivity contribution < 1.29 is 4.79 Å². The molecule has 3 aromatic carbocycles. The third-order valence-electron chi connectivity index (χ3n) is 6.22. The van der Waals surface area contributed by atoms with Crippen LogP contribution >= 0.6 is 0 Å². The zero-order valence-electron chi connectivity index (χ0n) is 20.3. The van der Waals surface area contributed by atoms with Gasteiger partial charge in [-0.05, 0) is 53.6 Å². The van der Waals surface area contributed by atoms with Gasteiger partial charge in [0.2, 0.25) is 5.95 Å². The van der Waals surface area contributed by atoms with E-state index in [1.807, 2.05) is 44.6 Å². The van der Waals surface area contributed by atoms with Gasteiger partial charge >= 0.3 is 0 Å². The molecule has 180 valence electrons. The maximum Gasteiger partial charge on any atom is 0.251 e. The quantitative estimate of drug-likeness (QED) is 0.282. The standard InChI is InChI=1S/C29H28N6O/c1-35(2)23-13-11-20(12-14-23)25(26-19-32-27-10-4-3-9-24(26)27)18-33-28(36)21-7-5-8-22(17-21)34-29-30-15-6-16-31-29/h3-17,19,25,32H,18H2,1-2H3,(H,33,36)(H,30,31,34). The number of H-pyrrole nitrogens is 1. The highest BCUT2D eigenvalue weighted by Crippen LogP contribution is 2.31. The van der Waals surface area contributed by atoms with Crippen LogP contribution in [-0.4, -0.2) is 41.5 Å². The van der Waals surface area contributed by atoms with Crippen molar-refractivity contribution in [1.82, 2.24) is 20.3 Å². The maximum absolute atomic E-state index is 13.2. The Morgan fingerprint density at radius 1 is 0.944 bits per heavy atom. The second-order valence-corrected chi connectivity index (χ2v) is 8.82. The second-order valence-electron chi connectivity index (χ2n) is 8.82. The van der Waals surface area contributed by atoms with Gasteiger partial charge in [-0.2, -0.15) is 0 Å². The minimum Gasteiger partial charge on any atom is -0.378 e. The highest BCUT2D eigenvalue weighted by Gasteiger charge is 2.20. The van der Waals surface area contributed by atoms with Crippen molar-refractivity contribution in [2.45, 2.75) is 5.92 Å². The highest BCUT2D eigenvalue weighted by molar-refractivity contribution is 5.95. The largest absolute Gasteiger partial charge is 0.378 e. The Kier molecular flexibility index (Phi) is 6.62. The smallest absolute Gasteiger partial charge is 0.251 e. The van der Waals surface area contributed by atoms with Crippen molar-refractivity contribution in [2.75, 3.05) is 30.9 Å².